The summed E-state index contributed by atoms with van der Waals surface area (Å²) < 4.78 is 5.49. The number of rotatable bonds is 3. The lowest BCUT2D eigenvalue weighted by atomic mass is 10.1. The monoisotopic (exact) mass is 250 g/mol. The van der Waals surface area contributed by atoms with Gasteiger partial charge in [0.25, 0.3) is 0 Å². The van der Waals surface area contributed by atoms with Crippen LogP contribution in [0.2, 0.25) is 0 Å². The number of pyridine rings is 1. The molecule has 4 N–H and O–H groups in total. The summed E-state index contributed by atoms with van der Waals surface area (Å²) in [6.07, 6.45) is 1.54. The number of amidine groups is 1. The SMILES string of the molecule is CC1COC(CO)CN1c1ccc(C(=N)N)nc1. The lowest BCUT2D eigenvalue weighted by Crippen LogP contribution is -2.49. The van der Waals surface area contributed by atoms with E-state index in [0.29, 0.717) is 18.8 Å². The third-order valence-corrected chi connectivity index (χ3v) is 3.06. The predicted molar refractivity (Wildman–Crippen MR) is 68.9 cm³/mol. The summed E-state index contributed by atoms with van der Waals surface area (Å²) in [5.74, 6) is -0.0372. The van der Waals surface area contributed by atoms with Crippen LogP contribution in [0.5, 0.6) is 0 Å². The van der Waals surface area contributed by atoms with Gasteiger partial charge in [0.05, 0.1) is 31.2 Å². The van der Waals surface area contributed by atoms with Crippen LogP contribution in [0.25, 0.3) is 0 Å². The minimum absolute atomic E-state index is 0.0160. The van der Waals surface area contributed by atoms with Gasteiger partial charge in [-0.3, -0.25) is 10.4 Å². The van der Waals surface area contributed by atoms with Gasteiger partial charge in [-0.2, -0.15) is 0 Å². The van der Waals surface area contributed by atoms with Crippen LogP contribution >= 0.6 is 0 Å². The second-order valence-corrected chi connectivity index (χ2v) is 4.45. The molecule has 2 heterocycles. The zero-order chi connectivity index (χ0) is 13.1. The van der Waals surface area contributed by atoms with Crippen molar-refractivity contribution in [2.24, 2.45) is 5.73 Å². The zero-order valence-corrected chi connectivity index (χ0v) is 10.3. The highest BCUT2D eigenvalue weighted by Gasteiger charge is 2.25. The smallest absolute Gasteiger partial charge is 0.141 e. The molecule has 1 aromatic rings. The Morgan fingerprint density at radius 1 is 1.67 bits per heavy atom. The molecule has 0 bridgehead atoms. The fourth-order valence-corrected chi connectivity index (χ4v) is 2.00. The number of nitrogens with one attached hydrogen (secondary N) is 1. The molecule has 0 aromatic carbocycles. The lowest BCUT2D eigenvalue weighted by Gasteiger charge is -2.38. The van der Waals surface area contributed by atoms with Crippen molar-refractivity contribution in [3.8, 4) is 0 Å². The van der Waals surface area contributed by atoms with Crippen LogP contribution in [-0.2, 0) is 4.74 Å². The zero-order valence-electron chi connectivity index (χ0n) is 10.3. The number of nitrogen functional groups attached to an aromatic ring is 1. The van der Waals surface area contributed by atoms with E-state index in [1.54, 1.807) is 12.3 Å². The Labute approximate surface area is 106 Å². The van der Waals surface area contributed by atoms with E-state index in [4.69, 9.17) is 21.0 Å². The number of aliphatic hydroxyl groups excluding tert-OH is 1. The number of aliphatic hydroxyl groups is 1. The van der Waals surface area contributed by atoms with Crippen molar-refractivity contribution in [3.05, 3.63) is 24.0 Å². The van der Waals surface area contributed by atoms with E-state index in [-0.39, 0.29) is 24.6 Å². The highest BCUT2D eigenvalue weighted by Crippen LogP contribution is 2.21. The fourth-order valence-electron chi connectivity index (χ4n) is 2.00. The van der Waals surface area contributed by atoms with Crippen LogP contribution in [0.3, 0.4) is 0 Å². The van der Waals surface area contributed by atoms with Gasteiger partial charge in [0.2, 0.25) is 0 Å². The van der Waals surface area contributed by atoms with Crippen molar-refractivity contribution in [1.82, 2.24) is 4.98 Å². The van der Waals surface area contributed by atoms with Crippen LogP contribution in [-0.4, -0.2) is 47.8 Å². The molecule has 0 aliphatic carbocycles. The lowest BCUT2D eigenvalue weighted by molar-refractivity contribution is -0.0103. The van der Waals surface area contributed by atoms with Crippen molar-refractivity contribution in [1.29, 1.82) is 5.41 Å². The summed E-state index contributed by atoms with van der Waals surface area (Å²) in [7, 11) is 0. The Morgan fingerprint density at radius 2 is 2.44 bits per heavy atom. The number of anilines is 1. The maximum atomic E-state index is 9.15. The second-order valence-electron chi connectivity index (χ2n) is 4.45. The molecule has 1 saturated heterocycles. The molecule has 18 heavy (non-hydrogen) atoms. The minimum atomic E-state index is -0.159. The number of aromatic nitrogens is 1. The van der Waals surface area contributed by atoms with Crippen LogP contribution < -0.4 is 10.6 Å². The van der Waals surface area contributed by atoms with Gasteiger partial charge in [-0.05, 0) is 19.1 Å². The molecule has 2 atom stereocenters. The largest absolute Gasteiger partial charge is 0.394 e. The molecule has 0 amide bonds. The molecule has 0 saturated carbocycles. The van der Waals surface area contributed by atoms with E-state index in [2.05, 4.69) is 16.8 Å². The molecule has 2 rings (SSSR count). The first-order chi connectivity index (χ1) is 8.61. The second kappa shape index (κ2) is 5.32. The Balaban J connectivity index is 2.16. The van der Waals surface area contributed by atoms with Crippen molar-refractivity contribution in [2.45, 2.75) is 19.1 Å². The van der Waals surface area contributed by atoms with Crippen LogP contribution in [0.4, 0.5) is 5.69 Å². The quantitative estimate of drug-likeness (QED) is 0.516. The number of hydrogen-bond acceptors (Lipinski definition) is 5. The van der Waals surface area contributed by atoms with E-state index in [0.717, 1.165) is 5.69 Å². The molecule has 98 valence electrons. The molecule has 6 nitrogen and oxygen atoms in total. The van der Waals surface area contributed by atoms with Gasteiger partial charge in [-0.1, -0.05) is 0 Å². The van der Waals surface area contributed by atoms with E-state index < -0.39 is 0 Å². The summed E-state index contributed by atoms with van der Waals surface area (Å²) in [6.45, 7) is 3.30. The van der Waals surface area contributed by atoms with Gasteiger partial charge in [-0.25, -0.2) is 0 Å². The maximum absolute atomic E-state index is 9.15. The summed E-state index contributed by atoms with van der Waals surface area (Å²) in [4.78, 5) is 6.28. The van der Waals surface area contributed by atoms with E-state index >= 15 is 0 Å². The van der Waals surface area contributed by atoms with Gasteiger partial charge < -0.3 is 20.5 Å². The first-order valence-electron chi connectivity index (χ1n) is 5.91. The number of nitrogens with zero attached hydrogens (tertiary/aromatic N) is 2. The van der Waals surface area contributed by atoms with E-state index in [1.807, 2.05) is 6.07 Å². The molecule has 0 radical (unpaired) electrons. The van der Waals surface area contributed by atoms with Gasteiger partial charge >= 0.3 is 0 Å². The van der Waals surface area contributed by atoms with Gasteiger partial charge in [0.15, 0.2) is 0 Å². The first kappa shape index (κ1) is 12.8. The van der Waals surface area contributed by atoms with Crippen LogP contribution in [0.1, 0.15) is 12.6 Å². The normalized spacial score (nSPS) is 24.0. The Bertz CT molecular complexity index is 421. The number of hydrogen-bond donors (Lipinski definition) is 3. The van der Waals surface area contributed by atoms with Gasteiger partial charge in [0, 0.05) is 12.6 Å². The Kier molecular flexibility index (Phi) is 3.78. The molecule has 1 aliphatic rings. The molecule has 2 unspecified atom stereocenters. The molecule has 1 aromatic heterocycles. The number of morpholine rings is 1. The van der Waals surface area contributed by atoms with Crippen LogP contribution in [0.15, 0.2) is 18.3 Å². The average molecular weight is 250 g/mol. The Morgan fingerprint density at radius 3 is 3.00 bits per heavy atom. The predicted octanol–water partition coefficient (Wildman–Crippen LogP) is -0.0483. The van der Waals surface area contributed by atoms with Crippen molar-refractivity contribution in [2.75, 3.05) is 24.7 Å². The molecule has 6 heteroatoms. The highest BCUT2D eigenvalue weighted by molar-refractivity contribution is 5.93. The summed E-state index contributed by atoms with van der Waals surface area (Å²) >= 11 is 0. The van der Waals surface area contributed by atoms with Gasteiger partial charge in [-0.15, -0.1) is 0 Å². The molecular formula is C12H18N4O2. The van der Waals surface area contributed by atoms with Crippen LogP contribution in [0, 0.1) is 5.41 Å². The summed E-state index contributed by atoms with van der Waals surface area (Å²) in [6, 6.07) is 3.85. The van der Waals surface area contributed by atoms with Crippen molar-refractivity contribution >= 4 is 11.5 Å². The number of nitrogens with two attached hydrogens (primary N) is 1. The summed E-state index contributed by atoms with van der Waals surface area (Å²) in [5.41, 5.74) is 6.79. The topological polar surface area (TPSA) is 95.5 Å². The fraction of sp³-hybridized carbons (Fsp3) is 0.500. The molecular weight excluding hydrogens is 232 g/mol. The Hall–Kier alpha value is -1.66. The average Bonchev–Trinajstić information content (AvgIpc) is 2.39. The van der Waals surface area contributed by atoms with Gasteiger partial charge in [0.1, 0.15) is 11.5 Å². The first-order valence-corrected chi connectivity index (χ1v) is 5.91. The molecule has 0 spiro atoms. The number of ether oxygens (including phenoxy) is 1. The molecule has 1 aliphatic heterocycles. The third-order valence-electron chi connectivity index (χ3n) is 3.06. The van der Waals surface area contributed by atoms with Crippen molar-refractivity contribution in [3.63, 3.8) is 0 Å². The van der Waals surface area contributed by atoms with E-state index in [9.17, 15) is 0 Å². The van der Waals surface area contributed by atoms with Crippen molar-refractivity contribution < 1.29 is 9.84 Å². The highest BCUT2D eigenvalue weighted by atomic mass is 16.5. The maximum Gasteiger partial charge on any atom is 0.141 e. The van der Waals surface area contributed by atoms with E-state index in [1.165, 1.54) is 0 Å². The standard InChI is InChI=1S/C12H18N4O2/c1-8-7-18-10(6-17)5-16(8)9-2-3-11(12(13)14)15-4-9/h2-4,8,10,17H,5-7H2,1H3,(H3,13,14). The molecule has 1 fully saturated rings. The third kappa shape index (κ3) is 2.60. The summed E-state index contributed by atoms with van der Waals surface area (Å²) in [5, 5.41) is 16.4. The minimum Gasteiger partial charge on any atom is -0.394 e.